The van der Waals surface area contributed by atoms with Gasteiger partial charge in [-0.05, 0) is 62.2 Å². The number of likely N-dealkylation sites (tertiary alicyclic amines) is 1. The first kappa shape index (κ1) is 22.1. The van der Waals surface area contributed by atoms with Gasteiger partial charge in [-0.15, -0.1) is 0 Å². The summed E-state index contributed by atoms with van der Waals surface area (Å²) in [6.07, 6.45) is 3.28. The van der Waals surface area contributed by atoms with Crippen molar-refractivity contribution >= 4 is 5.91 Å². The highest BCUT2D eigenvalue weighted by Gasteiger charge is 2.25. The summed E-state index contributed by atoms with van der Waals surface area (Å²) in [5.41, 5.74) is 1.14. The lowest BCUT2D eigenvalue weighted by molar-refractivity contribution is -0.128. The summed E-state index contributed by atoms with van der Waals surface area (Å²) in [5.74, 6) is 0.219. The van der Waals surface area contributed by atoms with Gasteiger partial charge in [0.25, 0.3) is 5.91 Å². The van der Waals surface area contributed by atoms with Crippen molar-refractivity contribution in [2.24, 2.45) is 0 Å². The summed E-state index contributed by atoms with van der Waals surface area (Å²) < 4.78 is 24.8. The van der Waals surface area contributed by atoms with Gasteiger partial charge in [0, 0.05) is 6.54 Å². The Bertz CT molecular complexity index is 806. The molecule has 6 heteroatoms. The highest BCUT2D eigenvalue weighted by Crippen LogP contribution is 2.26. The highest BCUT2D eigenvalue weighted by molar-refractivity contribution is 5.81. The van der Waals surface area contributed by atoms with Gasteiger partial charge in [0.15, 0.2) is 17.7 Å². The largest absolute Gasteiger partial charge is 0.497 e. The second-order valence-corrected chi connectivity index (χ2v) is 7.58. The molecule has 1 aliphatic heterocycles. The number of halogens is 1. The number of amides is 1. The first-order valence-electron chi connectivity index (χ1n) is 10.7. The molecule has 162 valence electrons. The molecule has 0 bridgehead atoms. The average Bonchev–Trinajstić information content (AvgIpc) is 2.79. The number of ether oxygens (including phenoxy) is 2. The van der Waals surface area contributed by atoms with E-state index in [9.17, 15) is 9.18 Å². The Labute approximate surface area is 178 Å². The Hall–Kier alpha value is -2.60. The Kier molecular flexibility index (Phi) is 8.08. The molecular weight excluding hydrogens is 383 g/mol. The van der Waals surface area contributed by atoms with Crippen LogP contribution in [0.15, 0.2) is 48.5 Å². The molecule has 1 saturated heterocycles. The Morgan fingerprint density at radius 1 is 1.10 bits per heavy atom. The average molecular weight is 415 g/mol. The lowest BCUT2D eigenvalue weighted by Crippen LogP contribution is -2.44. The van der Waals surface area contributed by atoms with Crippen LogP contribution < -0.4 is 14.8 Å². The summed E-state index contributed by atoms with van der Waals surface area (Å²) in [5, 5.41) is 3.04. The molecule has 5 nitrogen and oxygen atoms in total. The van der Waals surface area contributed by atoms with Gasteiger partial charge in [-0.3, -0.25) is 9.69 Å². The van der Waals surface area contributed by atoms with E-state index in [-0.39, 0.29) is 17.7 Å². The van der Waals surface area contributed by atoms with Gasteiger partial charge in [-0.1, -0.05) is 37.6 Å². The first-order valence-corrected chi connectivity index (χ1v) is 10.7. The molecule has 1 amide bonds. The Morgan fingerprint density at radius 2 is 1.80 bits per heavy atom. The van der Waals surface area contributed by atoms with Crippen LogP contribution >= 0.6 is 0 Å². The monoisotopic (exact) mass is 414 g/mol. The van der Waals surface area contributed by atoms with E-state index in [1.165, 1.54) is 12.5 Å². The molecule has 2 atom stereocenters. The van der Waals surface area contributed by atoms with E-state index in [0.717, 1.165) is 37.2 Å². The third-order valence-electron chi connectivity index (χ3n) is 5.57. The van der Waals surface area contributed by atoms with Crippen molar-refractivity contribution in [3.63, 3.8) is 0 Å². The smallest absolute Gasteiger partial charge is 0.261 e. The SMILES string of the molecule is CC[C@@H](Oc1ccccc1F)C(=O)NC[C@H](c1ccc(OC)cc1)N1CCCCC1. The molecule has 30 heavy (non-hydrogen) atoms. The first-order chi connectivity index (χ1) is 14.6. The second-order valence-electron chi connectivity index (χ2n) is 7.58. The molecule has 2 aromatic carbocycles. The molecule has 1 fully saturated rings. The Morgan fingerprint density at radius 3 is 2.43 bits per heavy atom. The lowest BCUT2D eigenvalue weighted by Gasteiger charge is -2.35. The molecule has 0 unspecified atom stereocenters. The van der Waals surface area contributed by atoms with Crippen LogP contribution in [-0.2, 0) is 4.79 Å². The second kappa shape index (κ2) is 11.0. The zero-order valence-electron chi connectivity index (χ0n) is 17.8. The van der Waals surface area contributed by atoms with Crippen molar-refractivity contribution in [1.29, 1.82) is 0 Å². The van der Waals surface area contributed by atoms with E-state index in [4.69, 9.17) is 9.47 Å². The molecule has 0 aliphatic carbocycles. The molecule has 0 saturated carbocycles. The number of nitrogens with zero attached hydrogens (tertiary/aromatic N) is 1. The number of piperidine rings is 1. The Balaban J connectivity index is 1.68. The zero-order valence-corrected chi connectivity index (χ0v) is 17.8. The van der Waals surface area contributed by atoms with E-state index in [2.05, 4.69) is 22.3 Å². The van der Waals surface area contributed by atoms with Crippen molar-refractivity contribution < 1.29 is 18.7 Å². The molecule has 0 spiro atoms. The van der Waals surface area contributed by atoms with E-state index < -0.39 is 11.9 Å². The minimum Gasteiger partial charge on any atom is -0.497 e. The lowest BCUT2D eigenvalue weighted by atomic mass is 10.0. The molecule has 0 aromatic heterocycles. The van der Waals surface area contributed by atoms with E-state index in [1.807, 2.05) is 19.1 Å². The number of hydrogen-bond donors (Lipinski definition) is 1. The van der Waals surface area contributed by atoms with E-state index in [1.54, 1.807) is 25.3 Å². The molecular formula is C24H31FN2O3. The van der Waals surface area contributed by atoms with E-state index >= 15 is 0 Å². The summed E-state index contributed by atoms with van der Waals surface area (Å²) in [4.78, 5) is 15.2. The quantitative estimate of drug-likeness (QED) is 0.663. The maximum atomic E-state index is 13.9. The van der Waals surface area contributed by atoms with Crippen LogP contribution in [0, 0.1) is 5.82 Å². The van der Waals surface area contributed by atoms with Crippen LogP contribution in [0.25, 0.3) is 0 Å². The van der Waals surface area contributed by atoms with Crippen LogP contribution in [0.2, 0.25) is 0 Å². The number of rotatable bonds is 9. The predicted octanol–water partition coefficient (Wildman–Crippen LogP) is 4.34. The van der Waals surface area contributed by atoms with Gasteiger partial charge >= 0.3 is 0 Å². The van der Waals surface area contributed by atoms with E-state index in [0.29, 0.717) is 13.0 Å². The fourth-order valence-electron chi connectivity index (χ4n) is 3.84. The minimum atomic E-state index is -0.736. The molecule has 0 radical (unpaired) electrons. The summed E-state index contributed by atoms with van der Waals surface area (Å²) in [6.45, 7) is 4.35. The predicted molar refractivity (Wildman–Crippen MR) is 115 cm³/mol. The summed E-state index contributed by atoms with van der Waals surface area (Å²) in [6, 6.07) is 14.2. The van der Waals surface area contributed by atoms with Gasteiger partial charge in [-0.25, -0.2) is 4.39 Å². The maximum absolute atomic E-state index is 13.9. The third kappa shape index (κ3) is 5.72. The van der Waals surface area contributed by atoms with Gasteiger partial charge in [0.2, 0.25) is 0 Å². The molecule has 1 aliphatic rings. The van der Waals surface area contributed by atoms with Crippen LogP contribution in [0.3, 0.4) is 0 Å². The number of carbonyl (C=O) groups excluding carboxylic acids is 1. The van der Waals surface area contributed by atoms with Crippen LogP contribution in [0.5, 0.6) is 11.5 Å². The normalized spacial score (nSPS) is 16.5. The fourth-order valence-corrected chi connectivity index (χ4v) is 3.84. The maximum Gasteiger partial charge on any atom is 0.261 e. The van der Waals surface area contributed by atoms with Gasteiger partial charge in [-0.2, -0.15) is 0 Å². The van der Waals surface area contributed by atoms with Crippen LogP contribution in [-0.4, -0.2) is 43.7 Å². The molecule has 2 aromatic rings. The van der Waals surface area contributed by atoms with Crippen molar-refractivity contribution in [2.45, 2.75) is 44.8 Å². The highest BCUT2D eigenvalue weighted by atomic mass is 19.1. The van der Waals surface area contributed by atoms with Crippen molar-refractivity contribution in [3.05, 3.63) is 59.9 Å². The zero-order chi connectivity index (χ0) is 21.3. The standard InChI is InChI=1S/C24H31FN2O3/c1-3-22(30-23-10-6-5-9-20(23)25)24(28)26-17-21(27-15-7-4-8-16-27)18-11-13-19(29-2)14-12-18/h5-6,9-14,21-22H,3-4,7-8,15-17H2,1-2H3,(H,26,28)/t21-,22-/m1/s1. The van der Waals surface area contributed by atoms with Crippen molar-refractivity contribution in [2.75, 3.05) is 26.7 Å². The minimum absolute atomic E-state index is 0.0751. The topological polar surface area (TPSA) is 50.8 Å². The number of hydrogen-bond acceptors (Lipinski definition) is 4. The number of benzene rings is 2. The van der Waals surface area contributed by atoms with Crippen LogP contribution in [0.1, 0.15) is 44.2 Å². The van der Waals surface area contributed by atoms with Crippen molar-refractivity contribution in [1.82, 2.24) is 10.2 Å². The van der Waals surface area contributed by atoms with Crippen LogP contribution in [0.4, 0.5) is 4.39 Å². The summed E-state index contributed by atoms with van der Waals surface area (Å²) >= 11 is 0. The van der Waals surface area contributed by atoms with Gasteiger partial charge < -0.3 is 14.8 Å². The number of methoxy groups -OCH3 is 1. The van der Waals surface area contributed by atoms with Crippen molar-refractivity contribution in [3.8, 4) is 11.5 Å². The molecule has 3 rings (SSSR count). The number of nitrogens with one attached hydrogen (secondary N) is 1. The number of para-hydroxylation sites is 1. The van der Waals surface area contributed by atoms with Gasteiger partial charge in [0.05, 0.1) is 13.2 Å². The fraction of sp³-hybridized carbons (Fsp3) is 0.458. The molecule has 1 heterocycles. The van der Waals surface area contributed by atoms with Gasteiger partial charge in [0.1, 0.15) is 5.75 Å². The summed E-state index contributed by atoms with van der Waals surface area (Å²) in [7, 11) is 1.65. The number of carbonyl (C=O) groups is 1. The molecule has 1 N–H and O–H groups in total. The third-order valence-corrected chi connectivity index (χ3v) is 5.57.